The molecule has 1 nitrogen and oxygen atoms in total. The first-order chi connectivity index (χ1) is 8.74. The van der Waals surface area contributed by atoms with Gasteiger partial charge in [0.05, 0.1) is 6.10 Å². The monoisotopic (exact) mass is 254 g/mol. The molecule has 1 atom stereocenters. The summed E-state index contributed by atoms with van der Waals surface area (Å²) < 4.78 is 0. The molecule has 0 saturated carbocycles. The second-order valence-electron chi connectivity index (χ2n) is 5.41. The van der Waals surface area contributed by atoms with Crippen molar-refractivity contribution in [3.63, 3.8) is 0 Å². The molecule has 0 aromatic carbocycles. The standard InChI is InChI=1S/C17H34O/c1-4-7-9-11-12-16(6-3)14-15-17(18)13-10-8-5-2/h14,17-18H,4-13,15H2,1-3H3/b16-14+. The summed E-state index contributed by atoms with van der Waals surface area (Å²) in [5.41, 5.74) is 1.54. The SMILES string of the molecule is CCCCCC/C(=C/CC(O)CCCCC)CC. The molecular weight excluding hydrogens is 220 g/mol. The quantitative estimate of drug-likeness (QED) is 0.354. The maximum atomic E-state index is 9.89. The topological polar surface area (TPSA) is 20.2 Å². The Kier molecular flexibility index (Phi) is 12.9. The summed E-state index contributed by atoms with van der Waals surface area (Å²) in [6.07, 6.45) is 15.4. The van der Waals surface area contributed by atoms with Crippen molar-refractivity contribution < 1.29 is 5.11 Å². The Labute approximate surface area is 115 Å². The van der Waals surface area contributed by atoms with Crippen molar-refractivity contribution in [2.45, 2.75) is 97.5 Å². The van der Waals surface area contributed by atoms with Gasteiger partial charge in [-0.2, -0.15) is 0 Å². The molecule has 18 heavy (non-hydrogen) atoms. The van der Waals surface area contributed by atoms with E-state index in [0.717, 1.165) is 19.3 Å². The molecule has 1 unspecified atom stereocenters. The number of aliphatic hydroxyl groups is 1. The van der Waals surface area contributed by atoms with Gasteiger partial charge in [0.1, 0.15) is 0 Å². The average molecular weight is 254 g/mol. The van der Waals surface area contributed by atoms with E-state index in [1.807, 2.05) is 0 Å². The van der Waals surface area contributed by atoms with Gasteiger partial charge < -0.3 is 5.11 Å². The van der Waals surface area contributed by atoms with Crippen LogP contribution in [0.2, 0.25) is 0 Å². The molecule has 0 aliphatic carbocycles. The van der Waals surface area contributed by atoms with Crippen molar-refractivity contribution in [3.8, 4) is 0 Å². The van der Waals surface area contributed by atoms with Gasteiger partial charge in [-0.1, -0.05) is 70.9 Å². The molecule has 0 saturated heterocycles. The van der Waals surface area contributed by atoms with Crippen LogP contribution >= 0.6 is 0 Å². The Morgan fingerprint density at radius 1 is 0.944 bits per heavy atom. The Morgan fingerprint density at radius 2 is 1.61 bits per heavy atom. The highest BCUT2D eigenvalue weighted by Crippen LogP contribution is 2.16. The van der Waals surface area contributed by atoms with E-state index < -0.39 is 0 Å². The molecule has 0 fully saturated rings. The van der Waals surface area contributed by atoms with E-state index in [0.29, 0.717) is 0 Å². The van der Waals surface area contributed by atoms with Gasteiger partial charge in [0, 0.05) is 0 Å². The van der Waals surface area contributed by atoms with Crippen LogP contribution in [0.4, 0.5) is 0 Å². The average Bonchev–Trinajstić information content (AvgIpc) is 2.38. The molecule has 0 radical (unpaired) electrons. The summed E-state index contributed by atoms with van der Waals surface area (Å²) in [5, 5.41) is 9.89. The summed E-state index contributed by atoms with van der Waals surface area (Å²) in [6, 6.07) is 0. The molecule has 0 aliphatic rings. The summed E-state index contributed by atoms with van der Waals surface area (Å²) >= 11 is 0. The molecule has 0 aromatic heterocycles. The molecule has 0 rings (SSSR count). The largest absolute Gasteiger partial charge is 0.393 e. The second kappa shape index (κ2) is 13.1. The predicted molar refractivity (Wildman–Crippen MR) is 81.9 cm³/mol. The Morgan fingerprint density at radius 3 is 2.22 bits per heavy atom. The van der Waals surface area contributed by atoms with E-state index in [-0.39, 0.29) is 6.10 Å². The van der Waals surface area contributed by atoms with Crippen molar-refractivity contribution in [3.05, 3.63) is 11.6 Å². The van der Waals surface area contributed by atoms with Gasteiger partial charge in [0.15, 0.2) is 0 Å². The number of aliphatic hydroxyl groups excluding tert-OH is 1. The molecule has 0 aliphatic heterocycles. The predicted octanol–water partition coefficient (Wildman–Crippen LogP) is 5.62. The number of allylic oxidation sites excluding steroid dienone is 1. The Hall–Kier alpha value is -0.300. The van der Waals surface area contributed by atoms with Crippen LogP contribution in [-0.2, 0) is 0 Å². The van der Waals surface area contributed by atoms with E-state index in [1.165, 1.54) is 51.4 Å². The van der Waals surface area contributed by atoms with Crippen molar-refractivity contribution in [1.29, 1.82) is 0 Å². The minimum Gasteiger partial charge on any atom is -0.393 e. The fraction of sp³-hybridized carbons (Fsp3) is 0.882. The molecule has 0 aromatic rings. The molecule has 0 spiro atoms. The summed E-state index contributed by atoms with van der Waals surface area (Å²) in [7, 11) is 0. The van der Waals surface area contributed by atoms with Crippen molar-refractivity contribution in [1.82, 2.24) is 0 Å². The van der Waals surface area contributed by atoms with Crippen LogP contribution in [0, 0.1) is 0 Å². The third-order valence-corrected chi connectivity index (χ3v) is 3.63. The van der Waals surface area contributed by atoms with Crippen LogP contribution in [0.3, 0.4) is 0 Å². The fourth-order valence-electron chi connectivity index (χ4n) is 2.25. The molecule has 0 bridgehead atoms. The third-order valence-electron chi connectivity index (χ3n) is 3.63. The number of unbranched alkanes of at least 4 members (excludes halogenated alkanes) is 5. The van der Waals surface area contributed by atoms with Gasteiger partial charge in [-0.15, -0.1) is 0 Å². The molecular formula is C17H34O. The number of hydrogen-bond donors (Lipinski definition) is 1. The fourth-order valence-corrected chi connectivity index (χ4v) is 2.25. The Bertz CT molecular complexity index is 196. The minimum absolute atomic E-state index is 0.117. The van der Waals surface area contributed by atoms with Gasteiger partial charge in [-0.05, 0) is 32.1 Å². The lowest BCUT2D eigenvalue weighted by Gasteiger charge is -2.09. The highest BCUT2D eigenvalue weighted by molar-refractivity contribution is 5.01. The van der Waals surface area contributed by atoms with E-state index in [2.05, 4.69) is 26.8 Å². The summed E-state index contributed by atoms with van der Waals surface area (Å²) in [5.74, 6) is 0. The number of hydrogen-bond acceptors (Lipinski definition) is 1. The van der Waals surface area contributed by atoms with Gasteiger partial charge >= 0.3 is 0 Å². The van der Waals surface area contributed by atoms with Gasteiger partial charge in [0.25, 0.3) is 0 Å². The van der Waals surface area contributed by atoms with Crippen molar-refractivity contribution in [2.24, 2.45) is 0 Å². The molecule has 1 heteroatoms. The van der Waals surface area contributed by atoms with Gasteiger partial charge in [-0.25, -0.2) is 0 Å². The van der Waals surface area contributed by atoms with Crippen LogP contribution in [0.1, 0.15) is 91.4 Å². The van der Waals surface area contributed by atoms with Crippen LogP contribution in [-0.4, -0.2) is 11.2 Å². The van der Waals surface area contributed by atoms with E-state index >= 15 is 0 Å². The Balaban J connectivity index is 3.73. The van der Waals surface area contributed by atoms with Crippen LogP contribution in [0.25, 0.3) is 0 Å². The van der Waals surface area contributed by atoms with Gasteiger partial charge in [-0.3, -0.25) is 0 Å². The van der Waals surface area contributed by atoms with Crippen molar-refractivity contribution in [2.75, 3.05) is 0 Å². The van der Waals surface area contributed by atoms with Crippen molar-refractivity contribution >= 4 is 0 Å². The maximum Gasteiger partial charge on any atom is 0.0574 e. The number of rotatable bonds is 12. The first-order valence-corrected chi connectivity index (χ1v) is 8.10. The molecule has 1 N–H and O–H groups in total. The lowest BCUT2D eigenvalue weighted by Crippen LogP contribution is -2.04. The first kappa shape index (κ1) is 17.7. The lowest BCUT2D eigenvalue weighted by molar-refractivity contribution is 0.163. The zero-order valence-electron chi connectivity index (χ0n) is 12.9. The molecule has 0 amide bonds. The van der Waals surface area contributed by atoms with Crippen LogP contribution in [0.5, 0.6) is 0 Å². The highest BCUT2D eigenvalue weighted by Gasteiger charge is 2.02. The summed E-state index contributed by atoms with van der Waals surface area (Å²) in [4.78, 5) is 0. The first-order valence-electron chi connectivity index (χ1n) is 8.10. The normalized spacial score (nSPS) is 13.9. The zero-order chi connectivity index (χ0) is 13.6. The van der Waals surface area contributed by atoms with E-state index in [1.54, 1.807) is 5.57 Å². The second-order valence-corrected chi connectivity index (χ2v) is 5.41. The maximum absolute atomic E-state index is 9.89. The lowest BCUT2D eigenvalue weighted by atomic mass is 10.0. The molecule has 0 heterocycles. The zero-order valence-corrected chi connectivity index (χ0v) is 12.9. The molecule has 108 valence electrons. The van der Waals surface area contributed by atoms with Crippen LogP contribution in [0.15, 0.2) is 11.6 Å². The van der Waals surface area contributed by atoms with Gasteiger partial charge in [0.2, 0.25) is 0 Å². The summed E-state index contributed by atoms with van der Waals surface area (Å²) in [6.45, 7) is 6.69. The third kappa shape index (κ3) is 10.8. The van der Waals surface area contributed by atoms with E-state index in [9.17, 15) is 5.11 Å². The van der Waals surface area contributed by atoms with Crippen LogP contribution < -0.4 is 0 Å². The smallest absolute Gasteiger partial charge is 0.0574 e. The highest BCUT2D eigenvalue weighted by atomic mass is 16.3. The van der Waals surface area contributed by atoms with E-state index in [4.69, 9.17) is 0 Å². The minimum atomic E-state index is -0.117.